The smallest absolute Gasteiger partial charge is 0.0302 e. The first kappa shape index (κ1) is 10.5. The predicted octanol–water partition coefficient (Wildman–Crippen LogP) is 3.36. The Bertz CT molecular complexity index is 258. The van der Waals surface area contributed by atoms with E-state index in [1.54, 1.807) is 11.3 Å². The molecular weight excluding hydrogens is 178 g/mol. The monoisotopic (exact) mass is 195 g/mol. The molecule has 0 amide bonds. The average Bonchev–Trinajstić information content (AvgIpc) is 2.55. The molecule has 0 aromatic carbocycles. The molecule has 1 unspecified atom stereocenters. The van der Waals surface area contributed by atoms with Gasteiger partial charge in [0.25, 0.3) is 0 Å². The third-order valence-corrected chi connectivity index (χ3v) is 2.68. The SMILES string of the molecule is CC(C)=CCNC(C)c1ccsc1. The van der Waals surface area contributed by atoms with Crippen molar-refractivity contribution in [3.05, 3.63) is 34.0 Å². The highest BCUT2D eigenvalue weighted by Crippen LogP contribution is 2.14. The van der Waals surface area contributed by atoms with Gasteiger partial charge in [-0.1, -0.05) is 11.6 Å². The zero-order valence-corrected chi connectivity index (χ0v) is 9.32. The fourth-order valence-electron chi connectivity index (χ4n) is 1.08. The van der Waals surface area contributed by atoms with E-state index in [0.717, 1.165) is 6.54 Å². The average molecular weight is 195 g/mol. The molecule has 0 saturated heterocycles. The first-order chi connectivity index (χ1) is 6.20. The number of nitrogens with one attached hydrogen (secondary N) is 1. The van der Waals surface area contributed by atoms with E-state index in [2.05, 4.69) is 49.0 Å². The van der Waals surface area contributed by atoms with Crippen molar-refractivity contribution in [2.45, 2.75) is 26.8 Å². The molecule has 0 aliphatic rings. The van der Waals surface area contributed by atoms with Crippen molar-refractivity contribution < 1.29 is 0 Å². The first-order valence-electron chi connectivity index (χ1n) is 4.59. The highest BCUT2D eigenvalue weighted by Gasteiger charge is 2.02. The lowest BCUT2D eigenvalue weighted by molar-refractivity contribution is 0.618. The minimum absolute atomic E-state index is 0.460. The van der Waals surface area contributed by atoms with E-state index in [4.69, 9.17) is 0 Å². The normalized spacial score (nSPS) is 12.5. The largest absolute Gasteiger partial charge is 0.307 e. The van der Waals surface area contributed by atoms with Crippen molar-refractivity contribution in [1.82, 2.24) is 5.32 Å². The molecule has 0 saturated carbocycles. The topological polar surface area (TPSA) is 12.0 Å². The van der Waals surface area contributed by atoms with Crippen LogP contribution in [0.3, 0.4) is 0 Å². The summed E-state index contributed by atoms with van der Waals surface area (Å²) in [6.07, 6.45) is 2.21. The number of rotatable bonds is 4. The summed E-state index contributed by atoms with van der Waals surface area (Å²) in [4.78, 5) is 0. The highest BCUT2D eigenvalue weighted by atomic mass is 32.1. The summed E-state index contributed by atoms with van der Waals surface area (Å²) in [7, 11) is 0. The molecule has 1 N–H and O–H groups in total. The molecule has 0 bridgehead atoms. The Morgan fingerprint density at radius 1 is 1.62 bits per heavy atom. The molecule has 13 heavy (non-hydrogen) atoms. The maximum absolute atomic E-state index is 3.45. The Morgan fingerprint density at radius 3 is 2.92 bits per heavy atom. The summed E-state index contributed by atoms with van der Waals surface area (Å²) >= 11 is 1.75. The van der Waals surface area contributed by atoms with Crippen LogP contribution in [0.4, 0.5) is 0 Å². The van der Waals surface area contributed by atoms with Crippen LogP contribution in [0.15, 0.2) is 28.5 Å². The summed E-state index contributed by atoms with van der Waals surface area (Å²) in [5, 5.41) is 7.76. The van der Waals surface area contributed by atoms with E-state index in [0.29, 0.717) is 6.04 Å². The van der Waals surface area contributed by atoms with Crippen molar-refractivity contribution in [3.8, 4) is 0 Å². The Labute approximate surface area is 84.5 Å². The van der Waals surface area contributed by atoms with Gasteiger partial charge in [-0.15, -0.1) is 0 Å². The van der Waals surface area contributed by atoms with Gasteiger partial charge in [-0.05, 0) is 43.2 Å². The fourth-order valence-corrected chi connectivity index (χ4v) is 1.83. The number of allylic oxidation sites excluding steroid dienone is 1. The summed E-state index contributed by atoms with van der Waals surface area (Å²) < 4.78 is 0. The second kappa shape index (κ2) is 5.20. The first-order valence-corrected chi connectivity index (χ1v) is 5.53. The van der Waals surface area contributed by atoms with Crippen molar-refractivity contribution >= 4 is 11.3 Å². The quantitative estimate of drug-likeness (QED) is 0.726. The van der Waals surface area contributed by atoms with Crippen molar-refractivity contribution in [2.24, 2.45) is 0 Å². The molecule has 0 fully saturated rings. The number of hydrogen-bond donors (Lipinski definition) is 1. The molecule has 1 atom stereocenters. The lowest BCUT2D eigenvalue weighted by Gasteiger charge is -2.10. The Hall–Kier alpha value is -0.600. The van der Waals surface area contributed by atoms with E-state index < -0.39 is 0 Å². The number of thiophene rings is 1. The maximum Gasteiger partial charge on any atom is 0.0302 e. The summed E-state index contributed by atoms with van der Waals surface area (Å²) in [5.41, 5.74) is 2.75. The van der Waals surface area contributed by atoms with Gasteiger partial charge in [0, 0.05) is 12.6 Å². The standard InChI is InChI=1S/C11H17NS/c1-9(2)4-6-12-10(3)11-5-7-13-8-11/h4-5,7-8,10,12H,6H2,1-3H3. The second-order valence-corrected chi connectivity index (χ2v) is 4.25. The molecule has 2 heteroatoms. The molecule has 1 aromatic rings. The van der Waals surface area contributed by atoms with Crippen molar-refractivity contribution in [2.75, 3.05) is 6.54 Å². The van der Waals surface area contributed by atoms with Crippen LogP contribution < -0.4 is 5.32 Å². The second-order valence-electron chi connectivity index (χ2n) is 3.47. The summed E-state index contributed by atoms with van der Waals surface area (Å²) in [6.45, 7) is 7.40. The predicted molar refractivity (Wildman–Crippen MR) is 60.2 cm³/mol. The van der Waals surface area contributed by atoms with Crippen LogP contribution in [0.25, 0.3) is 0 Å². The third-order valence-electron chi connectivity index (χ3n) is 1.98. The summed E-state index contributed by atoms with van der Waals surface area (Å²) in [6, 6.07) is 2.63. The van der Waals surface area contributed by atoms with Crippen LogP contribution in [-0.2, 0) is 0 Å². The Balaban J connectivity index is 2.34. The number of hydrogen-bond acceptors (Lipinski definition) is 2. The van der Waals surface area contributed by atoms with Gasteiger partial charge in [0.05, 0.1) is 0 Å². The molecule has 0 aliphatic carbocycles. The van der Waals surface area contributed by atoms with Gasteiger partial charge in [0.1, 0.15) is 0 Å². The molecule has 0 aliphatic heterocycles. The zero-order chi connectivity index (χ0) is 9.68. The van der Waals surface area contributed by atoms with Gasteiger partial charge in [0.15, 0.2) is 0 Å². The van der Waals surface area contributed by atoms with Gasteiger partial charge in [0.2, 0.25) is 0 Å². The van der Waals surface area contributed by atoms with Crippen molar-refractivity contribution in [3.63, 3.8) is 0 Å². The van der Waals surface area contributed by atoms with E-state index >= 15 is 0 Å². The maximum atomic E-state index is 3.45. The molecule has 1 heterocycles. The molecule has 0 spiro atoms. The van der Waals surface area contributed by atoms with E-state index in [-0.39, 0.29) is 0 Å². The van der Waals surface area contributed by atoms with Crippen LogP contribution in [0, 0.1) is 0 Å². The van der Waals surface area contributed by atoms with Gasteiger partial charge in [-0.25, -0.2) is 0 Å². The van der Waals surface area contributed by atoms with Gasteiger partial charge in [-0.3, -0.25) is 0 Å². The fraction of sp³-hybridized carbons (Fsp3) is 0.455. The van der Waals surface area contributed by atoms with Crippen LogP contribution in [0.1, 0.15) is 32.4 Å². The lowest BCUT2D eigenvalue weighted by atomic mass is 10.2. The van der Waals surface area contributed by atoms with Gasteiger partial charge >= 0.3 is 0 Å². The van der Waals surface area contributed by atoms with Crippen molar-refractivity contribution in [1.29, 1.82) is 0 Å². The highest BCUT2D eigenvalue weighted by molar-refractivity contribution is 7.07. The van der Waals surface area contributed by atoms with Crippen LogP contribution in [0.5, 0.6) is 0 Å². The molecule has 0 radical (unpaired) electrons. The lowest BCUT2D eigenvalue weighted by Crippen LogP contribution is -2.18. The minimum atomic E-state index is 0.460. The van der Waals surface area contributed by atoms with E-state index in [1.807, 2.05) is 0 Å². The molecule has 1 rings (SSSR count). The molecular formula is C11H17NS. The van der Waals surface area contributed by atoms with Crippen LogP contribution >= 0.6 is 11.3 Å². The zero-order valence-electron chi connectivity index (χ0n) is 8.50. The minimum Gasteiger partial charge on any atom is -0.307 e. The van der Waals surface area contributed by atoms with Crippen LogP contribution in [0.2, 0.25) is 0 Å². The Kier molecular flexibility index (Phi) is 4.19. The van der Waals surface area contributed by atoms with Crippen LogP contribution in [-0.4, -0.2) is 6.54 Å². The Morgan fingerprint density at radius 2 is 2.38 bits per heavy atom. The molecule has 1 nitrogen and oxygen atoms in total. The summed E-state index contributed by atoms with van der Waals surface area (Å²) in [5.74, 6) is 0. The molecule has 72 valence electrons. The molecule has 1 aromatic heterocycles. The van der Waals surface area contributed by atoms with E-state index in [9.17, 15) is 0 Å². The van der Waals surface area contributed by atoms with Gasteiger partial charge in [-0.2, -0.15) is 11.3 Å². The van der Waals surface area contributed by atoms with Gasteiger partial charge < -0.3 is 5.32 Å². The third kappa shape index (κ3) is 3.75. The van der Waals surface area contributed by atoms with E-state index in [1.165, 1.54) is 11.1 Å².